The lowest BCUT2D eigenvalue weighted by Crippen LogP contribution is -2.37. The van der Waals surface area contributed by atoms with E-state index >= 15 is 0 Å². The molecule has 0 saturated heterocycles. The van der Waals surface area contributed by atoms with Crippen LogP contribution in [0.2, 0.25) is 0 Å². The van der Waals surface area contributed by atoms with Gasteiger partial charge < -0.3 is 10.6 Å². The summed E-state index contributed by atoms with van der Waals surface area (Å²) in [6.07, 6.45) is 0.448. The zero-order chi connectivity index (χ0) is 11.3. The predicted molar refractivity (Wildman–Crippen MR) is 61.4 cm³/mol. The fourth-order valence-corrected chi connectivity index (χ4v) is 1.44. The maximum atomic E-state index is 11.7. The first-order valence-corrected chi connectivity index (χ1v) is 5.13. The Morgan fingerprint density at radius 2 is 2.00 bits per heavy atom. The second-order valence-corrected chi connectivity index (χ2v) is 3.91. The lowest BCUT2D eigenvalue weighted by Gasteiger charge is -2.19. The highest BCUT2D eigenvalue weighted by atomic mass is 16.2. The van der Waals surface area contributed by atoms with Crippen LogP contribution in [-0.2, 0) is 11.2 Å². The van der Waals surface area contributed by atoms with E-state index in [4.69, 9.17) is 5.73 Å². The Morgan fingerprint density at radius 1 is 1.40 bits per heavy atom. The highest BCUT2D eigenvalue weighted by Gasteiger charge is 2.10. The van der Waals surface area contributed by atoms with Gasteiger partial charge in [0.2, 0.25) is 5.91 Å². The Kier molecular flexibility index (Phi) is 4.31. The molecule has 1 aromatic carbocycles. The van der Waals surface area contributed by atoms with Gasteiger partial charge in [-0.2, -0.15) is 0 Å². The maximum absolute atomic E-state index is 11.7. The van der Waals surface area contributed by atoms with E-state index in [1.54, 1.807) is 11.9 Å². The van der Waals surface area contributed by atoms with Gasteiger partial charge in [0.25, 0.3) is 0 Å². The summed E-state index contributed by atoms with van der Waals surface area (Å²) in [5.41, 5.74) is 6.67. The number of nitrogens with two attached hydrogens (primary N) is 1. The molecule has 0 bridgehead atoms. The van der Waals surface area contributed by atoms with Crippen LogP contribution in [0.4, 0.5) is 0 Å². The summed E-state index contributed by atoms with van der Waals surface area (Å²) in [5.74, 6) is 0.110. The second-order valence-electron chi connectivity index (χ2n) is 3.91. The fraction of sp³-hybridized carbons (Fsp3) is 0.417. The van der Waals surface area contributed by atoms with Gasteiger partial charge in [0.1, 0.15) is 0 Å². The average molecular weight is 206 g/mol. The van der Waals surface area contributed by atoms with Crippen LogP contribution in [-0.4, -0.2) is 30.4 Å². The summed E-state index contributed by atoms with van der Waals surface area (Å²) in [4.78, 5) is 13.4. The van der Waals surface area contributed by atoms with Crippen molar-refractivity contribution in [2.45, 2.75) is 19.4 Å². The van der Waals surface area contributed by atoms with E-state index in [1.165, 1.54) is 0 Å². The van der Waals surface area contributed by atoms with Crippen LogP contribution in [0.3, 0.4) is 0 Å². The third kappa shape index (κ3) is 4.13. The molecule has 0 spiro atoms. The van der Waals surface area contributed by atoms with E-state index in [-0.39, 0.29) is 11.9 Å². The molecule has 1 unspecified atom stereocenters. The van der Waals surface area contributed by atoms with E-state index in [0.717, 1.165) is 5.56 Å². The summed E-state index contributed by atoms with van der Waals surface area (Å²) in [6.45, 7) is 2.50. The van der Waals surface area contributed by atoms with E-state index in [2.05, 4.69) is 0 Å². The van der Waals surface area contributed by atoms with E-state index in [9.17, 15) is 4.79 Å². The van der Waals surface area contributed by atoms with Crippen molar-refractivity contribution >= 4 is 5.91 Å². The molecule has 1 amide bonds. The van der Waals surface area contributed by atoms with Crippen LogP contribution in [0.15, 0.2) is 30.3 Å². The molecule has 3 heteroatoms. The summed E-state index contributed by atoms with van der Waals surface area (Å²) < 4.78 is 0. The summed E-state index contributed by atoms with van der Waals surface area (Å²) in [6, 6.07) is 9.76. The first kappa shape index (κ1) is 11.7. The molecule has 1 rings (SSSR count). The van der Waals surface area contributed by atoms with Gasteiger partial charge in [-0.1, -0.05) is 30.3 Å². The predicted octanol–water partition coefficient (Wildman–Crippen LogP) is 1.03. The van der Waals surface area contributed by atoms with Crippen LogP contribution < -0.4 is 5.73 Å². The van der Waals surface area contributed by atoms with Crippen molar-refractivity contribution in [1.29, 1.82) is 0 Å². The Morgan fingerprint density at radius 3 is 2.53 bits per heavy atom. The molecule has 0 aromatic heterocycles. The third-order valence-corrected chi connectivity index (χ3v) is 2.19. The molecule has 2 N–H and O–H groups in total. The number of carbonyl (C=O) groups is 1. The Balaban J connectivity index is 2.49. The first-order valence-electron chi connectivity index (χ1n) is 5.13. The summed E-state index contributed by atoms with van der Waals surface area (Å²) >= 11 is 0. The molecule has 0 saturated carbocycles. The van der Waals surface area contributed by atoms with Crippen molar-refractivity contribution in [2.75, 3.05) is 13.6 Å². The van der Waals surface area contributed by atoms with Gasteiger partial charge in [-0.3, -0.25) is 4.79 Å². The quantitative estimate of drug-likeness (QED) is 0.800. The summed E-state index contributed by atoms with van der Waals surface area (Å²) in [5, 5.41) is 0. The van der Waals surface area contributed by atoms with Crippen molar-refractivity contribution in [3.8, 4) is 0 Å². The molecule has 3 nitrogen and oxygen atoms in total. The summed E-state index contributed by atoms with van der Waals surface area (Å²) in [7, 11) is 1.79. The van der Waals surface area contributed by atoms with Gasteiger partial charge in [-0.05, 0) is 12.5 Å². The van der Waals surface area contributed by atoms with E-state index < -0.39 is 0 Å². The third-order valence-electron chi connectivity index (χ3n) is 2.19. The highest BCUT2D eigenvalue weighted by Crippen LogP contribution is 2.02. The van der Waals surface area contributed by atoms with Crippen molar-refractivity contribution in [3.63, 3.8) is 0 Å². The Hall–Kier alpha value is -1.35. The molecule has 0 aliphatic carbocycles. The number of nitrogens with zero attached hydrogens (tertiary/aromatic N) is 1. The minimum atomic E-state index is 0.0229. The molecule has 1 aromatic rings. The largest absolute Gasteiger partial charge is 0.344 e. The minimum absolute atomic E-state index is 0.0229. The zero-order valence-corrected chi connectivity index (χ0v) is 9.31. The lowest BCUT2D eigenvalue weighted by molar-refractivity contribution is -0.129. The molecular formula is C12H18N2O. The molecule has 82 valence electrons. The SMILES string of the molecule is CC(N)CN(C)C(=O)Cc1ccccc1. The lowest BCUT2D eigenvalue weighted by atomic mass is 10.1. The molecular weight excluding hydrogens is 188 g/mol. The van der Waals surface area contributed by atoms with Gasteiger partial charge >= 0.3 is 0 Å². The molecule has 0 fully saturated rings. The van der Waals surface area contributed by atoms with E-state index in [0.29, 0.717) is 13.0 Å². The van der Waals surface area contributed by atoms with Crippen LogP contribution >= 0.6 is 0 Å². The van der Waals surface area contributed by atoms with Crippen molar-refractivity contribution in [3.05, 3.63) is 35.9 Å². The molecule has 0 radical (unpaired) electrons. The van der Waals surface area contributed by atoms with Gasteiger partial charge in [-0.15, -0.1) is 0 Å². The normalized spacial score (nSPS) is 12.2. The average Bonchev–Trinajstić information content (AvgIpc) is 2.18. The number of likely N-dealkylation sites (N-methyl/N-ethyl adjacent to an activating group) is 1. The second kappa shape index (κ2) is 5.51. The van der Waals surface area contributed by atoms with Gasteiger partial charge in [0, 0.05) is 19.6 Å². The molecule has 1 atom stereocenters. The Labute approximate surface area is 90.9 Å². The highest BCUT2D eigenvalue weighted by molar-refractivity contribution is 5.78. The molecule has 0 aliphatic heterocycles. The Bertz CT molecular complexity index is 309. The van der Waals surface area contributed by atoms with Gasteiger partial charge in [0.05, 0.1) is 6.42 Å². The van der Waals surface area contributed by atoms with Gasteiger partial charge in [-0.25, -0.2) is 0 Å². The molecule has 0 heterocycles. The fourth-order valence-electron chi connectivity index (χ4n) is 1.44. The number of hydrogen-bond donors (Lipinski definition) is 1. The monoisotopic (exact) mass is 206 g/mol. The first-order chi connectivity index (χ1) is 7.09. The van der Waals surface area contributed by atoms with Crippen LogP contribution in [0, 0.1) is 0 Å². The van der Waals surface area contributed by atoms with Gasteiger partial charge in [0.15, 0.2) is 0 Å². The standard InChI is InChI=1S/C12H18N2O/c1-10(13)9-14(2)12(15)8-11-6-4-3-5-7-11/h3-7,10H,8-9,13H2,1-2H3. The molecule has 0 aliphatic rings. The zero-order valence-electron chi connectivity index (χ0n) is 9.31. The number of hydrogen-bond acceptors (Lipinski definition) is 2. The van der Waals surface area contributed by atoms with Crippen molar-refractivity contribution in [2.24, 2.45) is 5.73 Å². The number of benzene rings is 1. The minimum Gasteiger partial charge on any atom is -0.344 e. The maximum Gasteiger partial charge on any atom is 0.226 e. The van der Waals surface area contributed by atoms with E-state index in [1.807, 2.05) is 37.3 Å². The number of carbonyl (C=O) groups excluding carboxylic acids is 1. The van der Waals surface area contributed by atoms with Crippen LogP contribution in [0.25, 0.3) is 0 Å². The smallest absolute Gasteiger partial charge is 0.226 e. The number of rotatable bonds is 4. The number of amides is 1. The van der Waals surface area contributed by atoms with Crippen LogP contribution in [0.5, 0.6) is 0 Å². The molecule has 15 heavy (non-hydrogen) atoms. The van der Waals surface area contributed by atoms with Crippen LogP contribution in [0.1, 0.15) is 12.5 Å². The topological polar surface area (TPSA) is 46.3 Å². The van der Waals surface area contributed by atoms with Crippen molar-refractivity contribution < 1.29 is 4.79 Å². The van der Waals surface area contributed by atoms with Crippen molar-refractivity contribution in [1.82, 2.24) is 4.90 Å².